The fourth-order valence-electron chi connectivity index (χ4n) is 4.76. The number of hydrogen-bond donors (Lipinski definition) is 1. The highest BCUT2D eigenvalue weighted by atomic mass is 35.5. The fourth-order valence-corrected chi connectivity index (χ4v) is 4.93. The first-order valence-corrected chi connectivity index (χ1v) is 10.9. The lowest BCUT2D eigenvalue weighted by molar-refractivity contribution is -0.0331. The van der Waals surface area contributed by atoms with Crippen molar-refractivity contribution in [1.29, 1.82) is 5.26 Å². The van der Waals surface area contributed by atoms with Gasteiger partial charge in [0, 0.05) is 54.6 Å². The number of carbonyl (C=O) groups is 2. The van der Waals surface area contributed by atoms with Crippen LogP contribution in [-0.4, -0.2) is 34.6 Å². The first-order chi connectivity index (χ1) is 15.5. The minimum Gasteiger partial charge on any atom is -0.438 e. The summed E-state index contributed by atoms with van der Waals surface area (Å²) in [5.74, 6) is -0.0728. The van der Waals surface area contributed by atoms with Gasteiger partial charge in [-0.15, -0.1) is 0 Å². The van der Waals surface area contributed by atoms with Gasteiger partial charge >= 0.3 is 6.09 Å². The molecule has 0 unspecified atom stereocenters. The van der Waals surface area contributed by atoms with Gasteiger partial charge in [-0.25, -0.2) is 4.79 Å². The van der Waals surface area contributed by atoms with Gasteiger partial charge in [-0.1, -0.05) is 35.9 Å². The predicted molar refractivity (Wildman–Crippen MR) is 121 cm³/mol. The van der Waals surface area contributed by atoms with E-state index in [-0.39, 0.29) is 5.91 Å². The molecule has 1 saturated heterocycles. The van der Waals surface area contributed by atoms with Gasteiger partial charge in [0.1, 0.15) is 5.60 Å². The SMILES string of the molecule is N#CCCn1cc(C(=O)N2CCC3(CC2)OC(=O)Nc2ccccc23)c2ccc(Cl)cc21. The Bertz CT molecular complexity index is 1270. The summed E-state index contributed by atoms with van der Waals surface area (Å²) in [4.78, 5) is 27.4. The minimum atomic E-state index is -0.718. The smallest absolute Gasteiger partial charge is 0.412 e. The number of ether oxygens (including phenoxy) is 1. The van der Waals surface area contributed by atoms with Crippen LogP contribution in [0.5, 0.6) is 0 Å². The van der Waals surface area contributed by atoms with Crippen molar-refractivity contribution < 1.29 is 14.3 Å². The number of halogens is 1. The number of hydrogen-bond acceptors (Lipinski definition) is 4. The van der Waals surface area contributed by atoms with Gasteiger partial charge in [-0.05, 0) is 18.2 Å². The number of aryl methyl sites for hydroxylation is 1. The van der Waals surface area contributed by atoms with Crippen LogP contribution in [-0.2, 0) is 16.9 Å². The number of likely N-dealkylation sites (tertiary alicyclic amines) is 1. The van der Waals surface area contributed by atoms with Crippen molar-refractivity contribution in [2.24, 2.45) is 0 Å². The summed E-state index contributed by atoms with van der Waals surface area (Å²) in [5.41, 5.74) is 2.43. The van der Waals surface area contributed by atoms with E-state index in [0.29, 0.717) is 49.5 Å². The molecule has 2 aliphatic heterocycles. The second kappa shape index (κ2) is 7.88. The third kappa shape index (κ3) is 3.37. The van der Waals surface area contributed by atoms with Crippen LogP contribution >= 0.6 is 11.6 Å². The lowest BCUT2D eigenvalue weighted by Gasteiger charge is -2.44. The summed E-state index contributed by atoms with van der Waals surface area (Å²) in [6.07, 6.45) is 2.75. The number of nitrogens with one attached hydrogen (secondary N) is 1. The molecule has 2 aromatic carbocycles. The van der Waals surface area contributed by atoms with Crippen molar-refractivity contribution in [3.63, 3.8) is 0 Å². The molecule has 5 rings (SSSR count). The van der Waals surface area contributed by atoms with Crippen LogP contribution in [0.25, 0.3) is 10.9 Å². The fraction of sp³-hybridized carbons (Fsp3) is 0.292. The molecular formula is C24H21ClN4O3. The standard InChI is InChI=1S/C24H21ClN4O3/c25-16-6-7-17-18(15-29(11-3-10-26)21(17)14-16)22(30)28-12-8-24(9-13-28)19-4-1-2-5-20(19)27-23(31)32-24/h1-2,4-7,14-15H,3,8-9,11-13H2,(H,27,31). The van der Waals surface area contributed by atoms with Crippen molar-refractivity contribution in [3.05, 3.63) is 64.8 Å². The van der Waals surface area contributed by atoms with Crippen molar-refractivity contribution in [2.75, 3.05) is 18.4 Å². The first kappa shape index (κ1) is 20.4. The maximum absolute atomic E-state index is 13.5. The summed E-state index contributed by atoms with van der Waals surface area (Å²) in [6.45, 7) is 1.43. The van der Waals surface area contributed by atoms with Crippen molar-refractivity contribution in [3.8, 4) is 6.07 Å². The van der Waals surface area contributed by atoms with E-state index in [1.54, 1.807) is 6.07 Å². The Balaban J connectivity index is 1.42. The summed E-state index contributed by atoms with van der Waals surface area (Å²) in [5, 5.41) is 13.1. The normalized spacial score (nSPS) is 16.9. The molecule has 1 aromatic heterocycles. The summed E-state index contributed by atoms with van der Waals surface area (Å²) in [7, 11) is 0. The Morgan fingerprint density at radius 3 is 2.78 bits per heavy atom. The molecule has 2 amide bonds. The zero-order valence-electron chi connectivity index (χ0n) is 17.3. The molecule has 0 saturated carbocycles. The molecule has 0 bridgehead atoms. The third-order valence-electron chi connectivity index (χ3n) is 6.34. The zero-order valence-corrected chi connectivity index (χ0v) is 18.1. The average Bonchev–Trinajstić information content (AvgIpc) is 3.15. The number of benzene rings is 2. The van der Waals surface area contributed by atoms with Crippen LogP contribution in [0.2, 0.25) is 5.02 Å². The number of carbonyl (C=O) groups excluding carboxylic acids is 2. The number of piperidine rings is 1. The highest BCUT2D eigenvalue weighted by Crippen LogP contribution is 2.43. The predicted octanol–water partition coefficient (Wildman–Crippen LogP) is 4.90. The highest BCUT2D eigenvalue weighted by molar-refractivity contribution is 6.31. The highest BCUT2D eigenvalue weighted by Gasteiger charge is 2.45. The van der Waals surface area contributed by atoms with Gasteiger partial charge in [-0.2, -0.15) is 5.26 Å². The molecule has 7 nitrogen and oxygen atoms in total. The molecule has 3 aromatic rings. The lowest BCUT2D eigenvalue weighted by Crippen LogP contribution is -2.49. The number of anilines is 1. The van der Waals surface area contributed by atoms with Crippen LogP contribution in [0, 0.1) is 11.3 Å². The number of nitriles is 1. The minimum absolute atomic E-state index is 0.0728. The van der Waals surface area contributed by atoms with Crippen LogP contribution in [0.4, 0.5) is 10.5 Å². The van der Waals surface area contributed by atoms with E-state index >= 15 is 0 Å². The summed E-state index contributed by atoms with van der Waals surface area (Å²) >= 11 is 6.18. The van der Waals surface area contributed by atoms with E-state index in [9.17, 15) is 9.59 Å². The molecule has 0 atom stereocenters. The second-order valence-electron chi connectivity index (χ2n) is 8.15. The average molecular weight is 449 g/mol. The molecular weight excluding hydrogens is 428 g/mol. The number of aromatic nitrogens is 1. The maximum Gasteiger partial charge on any atom is 0.412 e. The molecule has 162 valence electrons. The Hall–Kier alpha value is -3.50. The van der Waals surface area contributed by atoms with Gasteiger partial charge in [0.15, 0.2) is 0 Å². The molecule has 2 aliphatic rings. The molecule has 1 spiro atoms. The summed E-state index contributed by atoms with van der Waals surface area (Å²) in [6, 6.07) is 15.2. The molecule has 32 heavy (non-hydrogen) atoms. The van der Waals surface area contributed by atoms with Crippen LogP contribution < -0.4 is 5.32 Å². The molecule has 1 N–H and O–H groups in total. The molecule has 8 heteroatoms. The monoisotopic (exact) mass is 448 g/mol. The van der Waals surface area contributed by atoms with Gasteiger partial charge in [0.2, 0.25) is 0 Å². The first-order valence-electron chi connectivity index (χ1n) is 10.5. The molecule has 3 heterocycles. The lowest BCUT2D eigenvalue weighted by atomic mass is 9.82. The maximum atomic E-state index is 13.5. The van der Waals surface area contributed by atoms with Gasteiger partial charge < -0.3 is 14.2 Å². The number of fused-ring (bicyclic) bond motifs is 3. The van der Waals surface area contributed by atoms with Gasteiger partial charge in [0.05, 0.1) is 29.3 Å². The Morgan fingerprint density at radius 1 is 1.22 bits per heavy atom. The van der Waals surface area contributed by atoms with E-state index in [4.69, 9.17) is 21.6 Å². The number of para-hydroxylation sites is 1. The topological polar surface area (TPSA) is 87.4 Å². The molecule has 0 radical (unpaired) electrons. The number of amides is 2. The summed E-state index contributed by atoms with van der Waals surface area (Å²) < 4.78 is 7.68. The molecule has 0 aliphatic carbocycles. The van der Waals surface area contributed by atoms with E-state index in [0.717, 1.165) is 22.2 Å². The van der Waals surface area contributed by atoms with Crippen LogP contribution in [0.1, 0.15) is 35.2 Å². The third-order valence-corrected chi connectivity index (χ3v) is 6.58. The van der Waals surface area contributed by atoms with Crippen LogP contribution in [0.15, 0.2) is 48.7 Å². The van der Waals surface area contributed by atoms with E-state index in [2.05, 4.69) is 11.4 Å². The van der Waals surface area contributed by atoms with Gasteiger partial charge in [0.25, 0.3) is 5.91 Å². The van der Waals surface area contributed by atoms with Crippen molar-refractivity contribution >= 4 is 40.2 Å². The quantitative estimate of drug-likeness (QED) is 0.617. The van der Waals surface area contributed by atoms with E-state index in [1.807, 2.05) is 52.1 Å². The number of rotatable bonds is 3. The molecule has 1 fully saturated rings. The van der Waals surface area contributed by atoms with Crippen LogP contribution in [0.3, 0.4) is 0 Å². The largest absolute Gasteiger partial charge is 0.438 e. The number of nitrogens with zero attached hydrogens (tertiary/aromatic N) is 3. The van der Waals surface area contributed by atoms with Gasteiger partial charge in [-0.3, -0.25) is 10.1 Å². The zero-order chi connectivity index (χ0) is 22.3. The van der Waals surface area contributed by atoms with E-state index < -0.39 is 11.7 Å². The van der Waals surface area contributed by atoms with E-state index in [1.165, 1.54) is 0 Å². The Morgan fingerprint density at radius 2 is 2.00 bits per heavy atom. The van der Waals surface area contributed by atoms with Crippen molar-refractivity contribution in [2.45, 2.75) is 31.4 Å². The Kier molecular flexibility index (Phi) is 5.03. The van der Waals surface area contributed by atoms with Crippen molar-refractivity contribution in [1.82, 2.24) is 9.47 Å². The Labute approximate surface area is 190 Å². The second-order valence-corrected chi connectivity index (χ2v) is 8.59.